The van der Waals surface area contributed by atoms with Crippen LogP contribution >= 0.6 is 11.3 Å². The second kappa shape index (κ2) is 5.44. The van der Waals surface area contributed by atoms with Gasteiger partial charge in [-0.2, -0.15) is 16.3 Å². The highest BCUT2D eigenvalue weighted by molar-refractivity contribution is 7.08. The molecule has 0 bridgehead atoms. The molecule has 0 unspecified atom stereocenters. The molecule has 2 N–H and O–H groups in total. The molecule has 0 aliphatic rings. The van der Waals surface area contributed by atoms with Gasteiger partial charge in [-0.15, -0.1) is 5.10 Å². The third-order valence-corrected chi connectivity index (χ3v) is 2.67. The van der Waals surface area contributed by atoms with Crippen LogP contribution in [0.15, 0.2) is 16.8 Å². The molecular weight excluding hydrogens is 240 g/mol. The average molecular weight is 252 g/mol. The van der Waals surface area contributed by atoms with E-state index in [-0.39, 0.29) is 11.9 Å². The molecule has 1 amide bonds. The van der Waals surface area contributed by atoms with Crippen LogP contribution in [0.1, 0.15) is 12.5 Å². The summed E-state index contributed by atoms with van der Waals surface area (Å²) in [4.78, 5) is 15.6. The molecule has 17 heavy (non-hydrogen) atoms. The van der Waals surface area contributed by atoms with E-state index in [4.69, 9.17) is 4.74 Å². The van der Waals surface area contributed by atoms with E-state index < -0.39 is 0 Å². The molecule has 0 saturated heterocycles. The molecule has 0 aromatic carbocycles. The van der Waals surface area contributed by atoms with E-state index in [9.17, 15) is 4.79 Å². The zero-order chi connectivity index (χ0) is 12.1. The van der Waals surface area contributed by atoms with Gasteiger partial charge >= 0.3 is 6.01 Å². The Labute approximate surface area is 102 Å². The maximum atomic E-state index is 11.6. The quantitative estimate of drug-likeness (QED) is 0.844. The van der Waals surface area contributed by atoms with Gasteiger partial charge in [0.05, 0.1) is 13.0 Å². The fourth-order valence-corrected chi connectivity index (χ4v) is 1.92. The molecular formula is C10H12N4O2S. The van der Waals surface area contributed by atoms with Crippen molar-refractivity contribution in [3.05, 3.63) is 22.4 Å². The first-order valence-electron chi connectivity index (χ1n) is 5.14. The van der Waals surface area contributed by atoms with Crippen LogP contribution in [0.2, 0.25) is 0 Å². The first-order chi connectivity index (χ1) is 8.28. The number of nitrogens with zero attached hydrogens (tertiary/aromatic N) is 2. The van der Waals surface area contributed by atoms with Crippen molar-refractivity contribution in [1.82, 2.24) is 15.2 Å². The normalized spacial score (nSPS) is 10.2. The van der Waals surface area contributed by atoms with Crippen molar-refractivity contribution in [2.75, 3.05) is 11.9 Å². The van der Waals surface area contributed by atoms with Gasteiger partial charge < -0.3 is 4.74 Å². The Kier molecular flexibility index (Phi) is 3.71. The number of carbonyl (C=O) groups is 1. The Hall–Kier alpha value is -1.89. The van der Waals surface area contributed by atoms with Gasteiger partial charge in [0.25, 0.3) is 0 Å². The van der Waals surface area contributed by atoms with Gasteiger partial charge in [-0.3, -0.25) is 10.1 Å². The fraction of sp³-hybridized carbons (Fsp3) is 0.300. The number of hydrogen-bond acceptors (Lipinski definition) is 5. The van der Waals surface area contributed by atoms with Crippen molar-refractivity contribution >= 4 is 23.2 Å². The van der Waals surface area contributed by atoms with E-state index in [1.165, 1.54) is 0 Å². The van der Waals surface area contributed by atoms with E-state index in [1.807, 2.05) is 23.8 Å². The molecule has 0 aliphatic heterocycles. The first-order valence-corrected chi connectivity index (χ1v) is 6.08. The zero-order valence-corrected chi connectivity index (χ0v) is 10.1. The maximum absolute atomic E-state index is 11.6. The molecule has 0 spiro atoms. The van der Waals surface area contributed by atoms with Crippen molar-refractivity contribution in [2.45, 2.75) is 13.3 Å². The number of aromatic nitrogens is 3. The number of thiophene rings is 1. The lowest BCUT2D eigenvalue weighted by molar-refractivity contribution is -0.115. The number of ether oxygens (including phenoxy) is 1. The van der Waals surface area contributed by atoms with Gasteiger partial charge in [-0.05, 0) is 29.3 Å². The van der Waals surface area contributed by atoms with E-state index in [2.05, 4.69) is 20.5 Å². The number of anilines is 1. The van der Waals surface area contributed by atoms with Crippen LogP contribution < -0.4 is 10.1 Å². The molecule has 0 fully saturated rings. The van der Waals surface area contributed by atoms with Gasteiger partial charge in [0.15, 0.2) is 0 Å². The lowest BCUT2D eigenvalue weighted by Crippen LogP contribution is -2.15. The molecule has 6 nitrogen and oxygen atoms in total. The van der Waals surface area contributed by atoms with Crippen LogP contribution in [-0.4, -0.2) is 27.7 Å². The van der Waals surface area contributed by atoms with E-state index in [0.717, 1.165) is 5.56 Å². The summed E-state index contributed by atoms with van der Waals surface area (Å²) in [7, 11) is 0. The second-order valence-electron chi connectivity index (χ2n) is 3.26. The summed E-state index contributed by atoms with van der Waals surface area (Å²) < 4.78 is 5.07. The van der Waals surface area contributed by atoms with Crippen molar-refractivity contribution in [1.29, 1.82) is 0 Å². The summed E-state index contributed by atoms with van der Waals surface area (Å²) in [5, 5.41) is 12.9. The summed E-state index contributed by atoms with van der Waals surface area (Å²) in [6.07, 6.45) is 0.328. The van der Waals surface area contributed by atoms with Crippen molar-refractivity contribution in [3.63, 3.8) is 0 Å². The number of rotatable bonds is 5. The Morgan fingerprint density at radius 3 is 3.24 bits per heavy atom. The standard InChI is InChI=1S/C10H12N4O2S/c1-2-16-10-12-9(13-14-10)11-8(15)5-7-3-4-17-6-7/h3-4,6H,2,5H2,1H3,(H2,11,12,13,14,15). The lowest BCUT2D eigenvalue weighted by Gasteiger charge is -1.98. The molecule has 7 heteroatoms. The largest absolute Gasteiger partial charge is 0.463 e. The molecule has 2 aromatic heterocycles. The number of H-pyrrole nitrogens is 1. The monoisotopic (exact) mass is 252 g/mol. The number of carbonyl (C=O) groups excluding carboxylic acids is 1. The van der Waals surface area contributed by atoms with Gasteiger partial charge in [-0.25, -0.2) is 5.10 Å². The highest BCUT2D eigenvalue weighted by Crippen LogP contribution is 2.09. The predicted molar refractivity (Wildman–Crippen MR) is 64.2 cm³/mol. The molecule has 0 aliphatic carbocycles. The molecule has 2 heterocycles. The van der Waals surface area contributed by atoms with Crippen LogP contribution in [0.3, 0.4) is 0 Å². The molecule has 0 radical (unpaired) electrons. The highest BCUT2D eigenvalue weighted by atomic mass is 32.1. The van der Waals surface area contributed by atoms with Crippen LogP contribution in [0.4, 0.5) is 5.95 Å². The van der Waals surface area contributed by atoms with Gasteiger partial charge in [0, 0.05) is 0 Å². The molecule has 2 rings (SSSR count). The molecule has 0 saturated carbocycles. The smallest absolute Gasteiger partial charge is 0.337 e. The minimum atomic E-state index is -0.136. The third-order valence-electron chi connectivity index (χ3n) is 1.94. The highest BCUT2D eigenvalue weighted by Gasteiger charge is 2.08. The lowest BCUT2D eigenvalue weighted by atomic mass is 10.2. The van der Waals surface area contributed by atoms with Gasteiger partial charge in [-0.1, -0.05) is 0 Å². The minimum Gasteiger partial charge on any atom is -0.463 e. The van der Waals surface area contributed by atoms with Crippen LogP contribution in [-0.2, 0) is 11.2 Å². The van der Waals surface area contributed by atoms with Crippen LogP contribution in [0.25, 0.3) is 0 Å². The van der Waals surface area contributed by atoms with Crippen molar-refractivity contribution < 1.29 is 9.53 Å². The first kappa shape index (κ1) is 11.6. The summed E-state index contributed by atoms with van der Waals surface area (Å²) in [6.45, 7) is 2.32. The van der Waals surface area contributed by atoms with Crippen molar-refractivity contribution in [3.8, 4) is 6.01 Å². The summed E-state index contributed by atoms with van der Waals surface area (Å²) in [5.74, 6) is 0.163. The van der Waals surface area contributed by atoms with Crippen molar-refractivity contribution in [2.24, 2.45) is 0 Å². The third kappa shape index (κ3) is 3.28. The minimum absolute atomic E-state index is 0.136. The molecule has 2 aromatic rings. The van der Waals surface area contributed by atoms with E-state index >= 15 is 0 Å². The number of amides is 1. The van der Waals surface area contributed by atoms with E-state index in [0.29, 0.717) is 19.0 Å². The predicted octanol–water partition coefficient (Wildman–Crippen LogP) is 1.45. The Bertz CT molecular complexity index is 480. The van der Waals surface area contributed by atoms with Crippen LogP contribution in [0, 0.1) is 0 Å². The summed E-state index contributed by atoms with van der Waals surface area (Å²) in [6, 6.07) is 2.15. The molecule has 90 valence electrons. The fourth-order valence-electron chi connectivity index (χ4n) is 1.25. The Balaban J connectivity index is 1.89. The van der Waals surface area contributed by atoms with Gasteiger partial charge in [0.1, 0.15) is 0 Å². The molecule has 0 atom stereocenters. The Morgan fingerprint density at radius 1 is 1.65 bits per heavy atom. The second-order valence-corrected chi connectivity index (χ2v) is 4.04. The summed E-state index contributed by atoms with van der Waals surface area (Å²) >= 11 is 1.56. The summed E-state index contributed by atoms with van der Waals surface area (Å²) in [5.41, 5.74) is 0.983. The average Bonchev–Trinajstić information content (AvgIpc) is 2.91. The number of nitrogens with one attached hydrogen (secondary N) is 2. The zero-order valence-electron chi connectivity index (χ0n) is 9.27. The Morgan fingerprint density at radius 2 is 2.53 bits per heavy atom. The van der Waals surface area contributed by atoms with Crippen LogP contribution in [0.5, 0.6) is 6.01 Å². The van der Waals surface area contributed by atoms with E-state index in [1.54, 1.807) is 11.3 Å². The number of hydrogen-bond donors (Lipinski definition) is 2. The van der Waals surface area contributed by atoms with Gasteiger partial charge in [0.2, 0.25) is 11.9 Å². The maximum Gasteiger partial charge on any atom is 0.337 e. The topological polar surface area (TPSA) is 79.9 Å². The number of aromatic amines is 1. The SMILES string of the molecule is CCOc1n[nH]c(NC(=O)Cc2ccsc2)n1.